The van der Waals surface area contributed by atoms with Crippen LogP contribution >= 0.6 is 0 Å². The predicted molar refractivity (Wildman–Crippen MR) is 58.6 cm³/mol. The molecule has 2 N–H and O–H groups in total. The van der Waals surface area contributed by atoms with Crippen LogP contribution in [0, 0.1) is 0 Å². The summed E-state index contributed by atoms with van der Waals surface area (Å²) in [5, 5.41) is 10.4. The molecule has 1 aromatic carbocycles. The summed E-state index contributed by atoms with van der Waals surface area (Å²) in [6.45, 7) is 4.01. The van der Waals surface area contributed by atoms with Crippen molar-refractivity contribution in [2.45, 2.75) is 0 Å². The van der Waals surface area contributed by atoms with Gasteiger partial charge in [0.25, 0.3) is 5.91 Å². The Morgan fingerprint density at radius 3 is 3.27 bits per heavy atom. The molecule has 1 amide bonds. The molecule has 4 nitrogen and oxygen atoms in total. The molecule has 0 unspecified atom stereocenters. The average Bonchev–Trinajstić information content (AvgIpc) is 2.72. The molecule has 1 heterocycles. The van der Waals surface area contributed by atoms with Crippen molar-refractivity contribution < 1.29 is 4.79 Å². The van der Waals surface area contributed by atoms with Crippen LogP contribution < -0.4 is 5.32 Å². The van der Waals surface area contributed by atoms with Crippen molar-refractivity contribution in [1.82, 2.24) is 15.5 Å². The molecule has 0 aliphatic carbocycles. The lowest BCUT2D eigenvalue weighted by atomic mass is 10.1. The first-order valence-corrected chi connectivity index (χ1v) is 4.63. The van der Waals surface area contributed by atoms with E-state index in [0.717, 1.165) is 10.9 Å². The van der Waals surface area contributed by atoms with E-state index in [9.17, 15) is 4.79 Å². The lowest BCUT2D eigenvalue weighted by Gasteiger charge is -2.01. The van der Waals surface area contributed by atoms with E-state index in [0.29, 0.717) is 12.1 Å². The Bertz CT molecular complexity index is 501. The van der Waals surface area contributed by atoms with Gasteiger partial charge in [0.2, 0.25) is 0 Å². The van der Waals surface area contributed by atoms with Gasteiger partial charge in [0.15, 0.2) is 0 Å². The third kappa shape index (κ3) is 1.88. The molecular weight excluding hydrogens is 190 g/mol. The van der Waals surface area contributed by atoms with E-state index in [1.807, 2.05) is 6.07 Å². The number of H-pyrrole nitrogens is 1. The molecule has 0 atom stereocenters. The summed E-state index contributed by atoms with van der Waals surface area (Å²) >= 11 is 0. The highest BCUT2D eigenvalue weighted by Crippen LogP contribution is 2.12. The molecule has 4 heteroatoms. The minimum atomic E-state index is -0.0991. The Labute approximate surface area is 87.0 Å². The number of nitrogens with one attached hydrogen (secondary N) is 2. The van der Waals surface area contributed by atoms with Gasteiger partial charge in [-0.1, -0.05) is 6.08 Å². The van der Waals surface area contributed by atoms with E-state index in [2.05, 4.69) is 22.1 Å². The number of carbonyl (C=O) groups is 1. The van der Waals surface area contributed by atoms with Crippen LogP contribution in [0.25, 0.3) is 10.9 Å². The average molecular weight is 201 g/mol. The molecule has 0 fully saturated rings. The standard InChI is InChI=1S/C11H11N3O/c1-2-5-12-11(15)8-3-4-10-9(6-8)7-13-14-10/h2-4,6-7H,1,5H2,(H,12,15)(H,13,14). The van der Waals surface area contributed by atoms with Crippen LogP contribution in [0.3, 0.4) is 0 Å². The number of carbonyl (C=O) groups excluding carboxylic acids is 1. The maximum atomic E-state index is 11.6. The third-order valence-electron chi connectivity index (χ3n) is 2.11. The van der Waals surface area contributed by atoms with Crippen molar-refractivity contribution >= 4 is 16.8 Å². The zero-order valence-electron chi connectivity index (χ0n) is 8.16. The second kappa shape index (κ2) is 3.96. The van der Waals surface area contributed by atoms with Crippen molar-refractivity contribution in [2.24, 2.45) is 0 Å². The largest absolute Gasteiger partial charge is 0.349 e. The first-order valence-electron chi connectivity index (χ1n) is 4.63. The van der Waals surface area contributed by atoms with Gasteiger partial charge in [-0.15, -0.1) is 6.58 Å². The van der Waals surface area contributed by atoms with Gasteiger partial charge in [0.05, 0.1) is 11.7 Å². The first-order chi connectivity index (χ1) is 7.31. The van der Waals surface area contributed by atoms with Crippen LogP contribution in [0.1, 0.15) is 10.4 Å². The number of hydrogen-bond donors (Lipinski definition) is 2. The van der Waals surface area contributed by atoms with E-state index in [4.69, 9.17) is 0 Å². The second-order valence-corrected chi connectivity index (χ2v) is 3.17. The number of benzene rings is 1. The van der Waals surface area contributed by atoms with E-state index in [1.165, 1.54) is 0 Å². The molecule has 0 bridgehead atoms. The fourth-order valence-electron chi connectivity index (χ4n) is 1.35. The minimum absolute atomic E-state index is 0.0991. The molecule has 2 rings (SSSR count). The van der Waals surface area contributed by atoms with E-state index >= 15 is 0 Å². The van der Waals surface area contributed by atoms with Crippen molar-refractivity contribution in [1.29, 1.82) is 0 Å². The monoisotopic (exact) mass is 201 g/mol. The number of aromatic nitrogens is 2. The topological polar surface area (TPSA) is 57.8 Å². The van der Waals surface area contributed by atoms with Gasteiger partial charge in [-0.05, 0) is 18.2 Å². The third-order valence-corrected chi connectivity index (χ3v) is 2.11. The maximum Gasteiger partial charge on any atom is 0.251 e. The number of nitrogens with zero attached hydrogens (tertiary/aromatic N) is 1. The van der Waals surface area contributed by atoms with Crippen molar-refractivity contribution in [3.05, 3.63) is 42.6 Å². The molecule has 0 spiro atoms. The predicted octanol–water partition coefficient (Wildman–Crippen LogP) is 1.48. The van der Waals surface area contributed by atoms with Gasteiger partial charge in [0.1, 0.15) is 0 Å². The van der Waals surface area contributed by atoms with Gasteiger partial charge >= 0.3 is 0 Å². The zero-order chi connectivity index (χ0) is 10.7. The Balaban J connectivity index is 2.27. The lowest BCUT2D eigenvalue weighted by Crippen LogP contribution is -2.22. The molecule has 0 saturated heterocycles. The minimum Gasteiger partial charge on any atom is -0.349 e. The Hall–Kier alpha value is -2.10. The zero-order valence-corrected chi connectivity index (χ0v) is 8.16. The van der Waals surface area contributed by atoms with Crippen molar-refractivity contribution in [3.8, 4) is 0 Å². The van der Waals surface area contributed by atoms with Crippen LogP contribution in [0.15, 0.2) is 37.1 Å². The molecule has 0 radical (unpaired) electrons. The Morgan fingerprint density at radius 2 is 2.47 bits per heavy atom. The highest BCUT2D eigenvalue weighted by molar-refractivity contribution is 5.97. The number of aromatic amines is 1. The molecule has 76 valence electrons. The van der Waals surface area contributed by atoms with Gasteiger partial charge in [0, 0.05) is 17.5 Å². The van der Waals surface area contributed by atoms with Crippen molar-refractivity contribution in [2.75, 3.05) is 6.54 Å². The Kier molecular flexibility index (Phi) is 2.49. The summed E-state index contributed by atoms with van der Waals surface area (Å²) < 4.78 is 0. The van der Waals surface area contributed by atoms with E-state index in [1.54, 1.807) is 24.4 Å². The summed E-state index contributed by atoms with van der Waals surface area (Å²) in [6.07, 6.45) is 3.34. The summed E-state index contributed by atoms with van der Waals surface area (Å²) in [5.74, 6) is -0.0991. The molecule has 0 aliphatic heterocycles. The van der Waals surface area contributed by atoms with E-state index in [-0.39, 0.29) is 5.91 Å². The van der Waals surface area contributed by atoms with Crippen LogP contribution in [0.4, 0.5) is 0 Å². The van der Waals surface area contributed by atoms with Crippen molar-refractivity contribution in [3.63, 3.8) is 0 Å². The fourth-order valence-corrected chi connectivity index (χ4v) is 1.35. The molecule has 2 aromatic rings. The van der Waals surface area contributed by atoms with Crippen LogP contribution in [0.2, 0.25) is 0 Å². The molecule has 0 aliphatic rings. The van der Waals surface area contributed by atoms with Gasteiger partial charge < -0.3 is 5.32 Å². The number of amides is 1. The number of fused-ring (bicyclic) bond motifs is 1. The van der Waals surface area contributed by atoms with Gasteiger partial charge in [-0.25, -0.2) is 0 Å². The summed E-state index contributed by atoms with van der Waals surface area (Å²) in [6, 6.07) is 5.40. The quantitative estimate of drug-likeness (QED) is 0.739. The normalized spacial score (nSPS) is 10.1. The van der Waals surface area contributed by atoms with E-state index < -0.39 is 0 Å². The highest BCUT2D eigenvalue weighted by Gasteiger charge is 2.05. The molecule has 0 saturated carbocycles. The fraction of sp³-hybridized carbons (Fsp3) is 0.0909. The van der Waals surface area contributed by atoms with Gasteiger partial charge in [-0.3, -0.25) is 9.89 Å². The lowest BCUT2D eigenvalue weighted by molar-refractivity contribution is 0.0958. The highest BCUT2D eigenvalue weighted by atomic mass is 16.1. The molecule has 1 aromatic heterocycles. The number of hydrogen-bond acceptors (Lipinski definition) is 2. The van der Waals surface area contributed by atoms with Crippen LogP contribution in [0.5, 0.6) is 0 Å². The maximum absolute atomic E-state index is 11.6. The van der Waals surface area contributed by atoms with Crippen LogP contribution in [-0.4, -0.2) is 22.6 Å². The summed E-state index contributed by atoms with van der Waals surface area (Å²) in [7, 11) is 0. The summed E-state index contributed by atoms with van der Waals surface area (Å²) in [5.41, 5.74) is 1.56. The molecule has 15 heavy (non-hydrogen) atoms. The SMILES string of the molecule is C=CCNC(=O)c1ccc2[nH]ncc2c1. The van der Waals surface area contributed by atoms with Crippen LogP contribution in [-0.2, 0) is 0 Å². The Morgan fingerprint density at radius 1 is 1.60 bits per heavy atom. The van der Waals surface area contributed by atoms with Gasteiger partial charge in [-0.2, -0.15) is 5.10 Å². The molecular formula is C11H11N3O. The number of rotatable bonds is 3. The first kappa shape index (κ1) is 9.45. The summed E-state index contributed by atoms with van der Waals surface area (Å²) in [4.78, 5) is 11.6. The second-order valence-electron chi connectivity index (χ2n) is 3.17. The smallest absolute Gasteiger partial charge is 0.251 e.